The van der Waals surface area contributed by atoms with Gasteiger partial charge in [0.05, 0.1) is 0 Å². The lowest BCUT2D eigenvalue weighted by Gasteiger charge is -2.18. The topological polar surface area (TPSA) is 21.3 Å². The van der Waals surface area contributed by atoms with Gasteiger partial charge in [0.25, 0.3) is 0 Å². The summed E-state index contributed by atoms with van der Waals surface area (Å²) in [6, 6.07) is 5.15. The van der Waals surface area contributed by atoms with Crippen LogP contribution in [0.5, 0.6) is 0 Å². The summed E-state index contributed by atoms with van der Waals surface area (Å²) >= 11 is 0. The van der Waals surface area contributed by atoms with Gasteiger partial charge < -0.3 is 10.1 Å². The number of benzene rings is 1. The summed E-state index contributed by atoms with van der Waals surface area (Å²) in [4.78, 5) is 0. The fourth-order valence-electron chi connectivity index (χ4n) is 1.83. The van der Waals surface area contributed by atoms with Crippen LogP contribution in [-0.2, 0) is 4.74 Å². The number of rotatable bonds is 6. The monoisotopic (exact) mass is 225 g/mol. The molecule has 0 saturated heterocycles. The molecule has 1 atom stereocenters. The molecule has 0 radical (unpaired) electrons. The van der Waals surface area contributed by atoms with Crippen LogP contribution in [0.1, 0.15) is 30.5 Å². The zero-order valence-electron chi connectivity index (χ0n) is 10.2. The van der Waals surface area contributed by atoms with E-state index in [0.717, 1.165) is 30.8 Å². The second-order valence-corrected chi connectivity index (χ2v) is 3.83. The largest absolute Gasteiger partial charge is 0.382 e. The molecule has 1 unspecified atom stereocenters. The Kier molecular flexibility index (Phi) is 5.43. The number of aryl methyl sites for hydroxylation is 1. The van der Waals surface area contributed by atoms with Crippen LogP contribution >= 0.6 is 0 Å². The molecule has 90 valence electrons. The van der Waals surface area contributed by atoms with E-state index in [4.69, 9.17) is 4.74 Å². The van der Waals surface area contributed by atoms with E-state index in [0.29, 0.717) is 0 Å². The smallest absolute Gasteiger partial charge is 0.123 e. The van der Waals surface area contributed by atoms with E-state index in [2.05, 4.69) is 5.32 Å². The van der Waals surface area contributed by atoms with Gasteiger partial charge in [0.1, 0.15) is 5.82 Å². The first-order valence-electron chi connectivity index (χ1n) is 5.70. The average Bonchev–Trinajstić information content (AvgIpc) is 2.26. The van der Waals surface area contributed by atoms with E-state index in [1.54, 1.807) is 6.07 Å². The Morgan fingerprint density at radius 2 is 2.19 bits per heavy atom. The van der Waals surface area contributed by atoms with Crippen molar-refractivity contribution in [1.29, 1.82) is 0 Å². The highest BCUT2D eigenvalue weighted by atomic mass is 19.1. The van der Waals surface area contributed by atoms with Crippen LogP contribution in [0, 0.1) is 12.7 Å². The van der Waals surface area contributed by atoms with E-state index >= 15 is 0 Å². The predicted octanol–water partition coefficient (Wildman–Crippen LogP) is 2.82. The van der Waals surface area contributed by atoms with Crippen molar-refractivity contribution in [2.75, 3.05) is 20.3 Å². The molecule has 0 aromatic heterocycles. The van der Waals surface area contributed by atoms with Gasteiger partial charge in [0.15, 0.2) is 0 Å². The summed E-state index contributed by atoms with van der Waals surface area (Å²) in [5.74, 6) is -0.180. The van der Waals surface area contributed by atoms with Gasteiger partial charge in [0.2, 0.25) is 0 Å². The number of hydrogen-bond donors (Lipinski definition) is 1. The molecular weight excluding hydrogens is 205 g/mol. The van der Waals surface area contributed by atoms with Gasteiger partial charge >= 0.3 is 0 Å². The summed E-state index contributed by atoms with van der Waals surface area (Å²) < 4.78 is 18.3. The third-order valence-electron chi connectivity index (χ3n) is 2.71. The second kappa shape index (κ2) is 6.61. The van der Waals surface area contributed by atoms with E-state index in [-0.39, 0.29) is 11.9 Å². The Morgan fingerprint density at radius 3 is 2.75 bits per heavy atom. The standard InChI is InChI=1S/C13H20FNO/c1-4-16-8-7-13(15-3)12-6-5-11(14)9-10(12)2/h5-6,9,13,15H,4,7-8H2,1-3H3. The molecule has 0 heterocycles. The quantitative estimate of drug-likeness (QED) is 0.752. The normalized spacial score (nSPS) is 12.8. The first-order valence-corrected chi connectivity index (χ1v) is 5.70. The van der Waals surface area contributed by atoms with Crippen molar-refractivity contribution in [2.45, 2.75) is 26.3 Å². The first kappa shape index (κ1) is 13.1. The molecule has 16 heavy (non-hydrogen) atoms. The summed E-state index contributed by atoms with van der Waals surface area (Å²) in [7, 11) is 1.92. The molecule has 0 aliphatic rings. The lowest BCUT2D eigenvalue weighted by Crippen LogP contribution is -2.19. The second-order valence-electron chi connectivity index (χ2n) is 3.83. The summed E-state index contributed by atoms with van der Waals surface area (Å²) in [5.41, 5.74) is 2.12. The lowest BCUT2D eigenvalue weighted by molar-refractivity contribution is 0.137. The summed E-state index contributed by atoms with van der Waals surface area (Å²) in [6.45, 7) is 5.37. The third-order valence-corrected chi connectivity index (χ3v) is 2.71. The van der Waals surface area contributed by atoms with E-state index in [1.807, 2.05) is 27.0 Å². The van der Waals surface area contributed by atoms with Gasteiger partial charge in [0, 0.05) is 19.3 Å². The molecule has 0 spiro atoms. The molecule has 2 nitrogen and oxygen atoms in total. The lowest BCUT2D eigenvalue weighted by atomic mass is 9.99. The molecule has 0 aliphatic carbocycles. The SMILES string of the molecule is CCOCCC(NC)c1ccc(F)cc1C. The number of halogens is 1. The van der Waals surface area contributed by atoms with Gasteiger partial charge in [-0.25, -0.2) is 4.39 Å². The summed E-state index contributed by atoms with van der Waals surface area (Å²) in [5, 5.41) is 3.24. The van der Waals surface area contributed by atoms with Gasteiger partial charge in [-0.05, 0) is 50.6 Å². The van der Waals surface area contributed by atoms with Crippen molar-refractivity contribution in [3.05, 3.63) is 35.1 Å². The van der Waals surface area contributed by atoms with Crippen LogP contribution < -0.4 is 5.32 Å². The molecule has 0 amide bonds. The van der Waals surface area contributed by atoms with Crippen molar-refractivity contribution >= 4 is 0 Å². The van der Waals surface area contributed by atoms with Crippen LogP contribution in [0.4, 0.5) is 4.39 Å². The molecule has 1 aromatic rings. The minimum Gasteiger partial charge on any atom is -0.382 e. The molecule has 1 aromatic carbocycles. The molecular formula is C13H20FNO. The van der Waals surface area contributed by atoms with Crippen molar-refractivity contribution < 1.29 is 9.13 Å². The minimum absolute atomic E-state index is 0.180. The van der Waals surface area contributed by atoms with Crippen molar-refractivity contribution in [2.24, 2.45) is 0 Å². The molecule has 0 bridgehead atoms. The van der Waals surface area contributed by atoms with Crippen LogP contribution in [0.3, 0.4) is 0 Å². The maximum Gasteiger partial charge on any atom is 0.123 e. The predicted molar refractivity (Wildman–Crippen MR) is 64.0 cm³/mol. The van der Waals surface area contributed by atoms with Crippen LogP contribution in [0.2, 0.25) is 0 Å². The maximum atomic E-state index is 13.0. The average molecular weight is 225 g/mol. The van der Waals surface area contributed by atoms with Gasteiger partial charge in [-0.1, -0.05) is 6.07 Å². The fraction of sp³-hybridized carbons (Fsp3) is 0.538. The molecule has 0 aliphatic heterocycles. The molecule has 1 rings (SSSR count). The molecule has 3 heteroatoms. The molecule has 0 saturated carbocycles. The van der Waals surface area contributed by atoms with Crippen LogP contribution in [0.25, 0.3) is 0 Å². The highest BCUT2D eigenvalue weighted by Gasteiger charge is 2.11. The maximum absolute atomic E-state index is 13.0. The van der Waals surface area contributed by atoms with E-state index in [9.17, 15) is 4.39 Å². The Morgan fingerprint density at radius 1 is 1.44 bits per heavy atom. The van der Waals surface area contributed by atoms with Crippen LogP contribution in [0.15, 0.2) is 18.2 Å². The fourth-order valence-corrected chi connectivity index (χ4v) is 1.83. The van der Waals surface area contributed by atoms with Gasteiger partial charge in [-0.3, -0.25) is 0 Å². The number of nitrogens with one attached hydrogen (secondary N) is 1. The first-order chi connectivity index (χ1) is 7.69. The van der Waals surface area contributed by atoms with Gasteiger partial charge in [-0.15, -0.1) is 0 Å². The van der Waals surface area contributed by atoms with Crippen molar-refractivity contribution in [3.63, 3.8) is 0 Å². The Balaban J connectivity index is 2.70. The highest BCUT2D eigenvalue weighted by Crippen LogP contribution is 2.21. The minimum atomic E-state index is -0.180. The Labute approximate surface area is 96.8 Å². The summed E-state index contributed by atoms with van der Waals surface area (Å²) in [6.07, 6.45) is 0.900. The number of ether oxygens (including phenoxy) is 1. The molecule has 1 N–H and O–H groups in total. The van der Waals surface area contributed by atoms with Crippen molar-refractivity contribution in [1.82, 2.24) is 5.32 Å². The third kappa shape index (κ3) is 3.58. The van der Waals surface area contributed by atoms with Crippen molar-refractivity contribution in [3.8, 4) is 0 Å². The number of hydrogen-bond acceptors (Lipinski definition) is 2. The van der Waals surface area contributed by atoms with Gasteiger partial charge in [-0.2, -0.15) is 0 Å². The Hall–Kier alpha value is -0.930. The Bertz CT molecular complexity index is 328. The highest BCUT2D eigenvalue weighted by molar-refractivity contribution is 5.29. The zero-order chi connectivity index (χ0) is 12.0. The molecule has 0 fully saturated rings. The van der Waals surface area contributed by atoms with Crippen LogP contribution in [-0.4, -0.2) is 20.3 Å². The zero-order valence-corrected chi connectivity index (χ0v) is 10.2. The van der Waals surface area contributed by atoms with E-state index in [1.165, 1.54) is 6.07 Å². The van der Waals surface area contributed by atoms with E-state index < -0.39 is 0 Å².